The third-order valence-corrected chi connectivity index (χ3v) is 7.22. The molecule has 132 valence electrons. The topological polar surface area (TPSA) is 74.8 Å². The lowest BCUT2D eigenvalue weighted by Gasteiger charge is -2.31. The highest BCUT2D eigenvalue weighted by Crippen LogP contribution is 2.34. The van der Waals surface area contributed by atoms with Crippen molar-refractivity contribution < 1.29 is 8.42 Å². The normalized spacial score (nSPS) is 22.8. The molecule has 2 N–H and O–H groups in total. The Morgan fingerprint density at radius 3 is 2.50 bits per heavy atom. The first-order chi connectivity index (χ1) is 11.2. The smallest absolute Gasteiger partial charge is 0.216 e. The minimum absolute atomic E-state index is 0.0300. The molecule has 0 amide bonds. The van der Waals surface area contributed by atoms with E-state index in [0.717, 1.165) is 42.4 Å². The lowest BCUT2D eigenvalue weighted by molar-refractivity contribution is 0.368. The van der Waals surface area contributed by atoms with E-state index in [-0.39, 0.29) is 6.04 Å². The number of nitrogens with zero attached hydrogens (tertiary/aromatic N) is 1. The van der Waals surface area contributed by atoms with Gasteiger partial charge in [-0.15, -0.1) is 0 Å². The number of hydrogen-bond acceptors (Lipinski definition) is 3. The van der Waals surface area contributed by atoms with Crippen molar-refractivity contribution in [1.82, 2.24) is 14.7 Å². The van der Waals surface area contributed by atoms with Gasteiger partial charge in [-0.2, -0.15) is 0 Å². The molecule has 2 aromatic heterocycles. The minimum Gasteiger partial charge on any atom is -0.357 e. The van der Waals surface area contributed by atoms with Crippen LogP contribution in [0.15, 0.2) is 18.2 Å². The fraction of sp³-hybridized carbons (Fsp3) is 0.588. The van der Waals surface area contributed by atoms with Gasteiger partial charge in [0.15, 0.2) is 0 Å². The Hall–Kier alpha value is -1.11. The van der Waals surface area contributed by atoms with Crippen LogP contribution in [0.2, 0.25) is 5.15 Å². The Balaban J connectivity index is 1.66. The van der Waals surface area contributed by atoms with E-state index in [1.807, 2.05) is 6.07 Å². The molecule has 2 aromatic rings. The van der Waals surface area contributed by atoms with E-state index in [1.54, 1.807) is 26.8 Å². The lowest BCUT2D eigenvalue weighted by Crippen LogP contribution is -2.45. The number of hydrogen-bond donors (Lipinski definition) is 2. The summed E-state index contributed by atoms with van der Waals surface area (Å²) in [6.07, 6.45) is 3.61. The van der Waals surface area contributed by atoms with Crippen LogP contribution in [-0.4, -0.2) is 29.2 Å². The molecule has 1 aliphatic carbocycles. The van der Waals surface area contributed by atoms with Crippen LogP contribution >= 0.6 is 11.6 Å². The molecule has 0 saturated heterocycles. The zero-order valence-corrected chi connectivity index (χ0v) is 15.8. The van der Waals surface area contributed by atoms with Gasteiger partial charge in [0.2, 0.25) is 10.0 Å². The van der Waals surface area contributed by atoms with Crippen molar-refractivity contribution in [3.8, 4) is 0 Å². The molecule has 0 aliphatic heterocycles. The van der Waals surface area contributed by atoms with Crippen molar-refractivity contribution in [2.45, 2.75) is 63.2 Å². The molecule has 24 heavy (non-hydrogen) atoms. The summed E-state index contributed by atoms with van der Waals surface area (Å²) in [5, 5.41) is 0.494. The molecule has 2 heterocycles. The van der Waals surface area contributed by atoms with Gasteiger partial charge < -0.3 is 4.98 Å². The van der Waals surface area contributed by atoms with Gasteiger partial charge in [0.05, 0.1) is 15.8 Å². The maximum Gasteiger partial charge on any atom is 0.216 e. The summed E-state index contributed by atoms with van der Waals surface area (Å²) < 4.78 is 26.7. The average Bonchev–Trinajstić information content (AvgIpc) is 2.89. The Morgan fingerprint density at radius 2 is 1.88 bits per heavy atom. The Labute approximate surface area is 148 Å². The van der Waals surface area contributed by atoms with Gasteiger partial charge in [-0.25, -0.2) is 18.1 Å². The second-order valence-electron chi connectivity index (χ2n) is 7.57. The number of rotatable bonds is 3. The molecule has 3 rings (SSSR count). The number of sulfonamides is 1. The number of nitrogens with one attached hydrogen (secondary N) is 2. The van der Waals surface area contributed by atoms with E-state index >= 15 is 0 Å². The largest absolute Gasteiger partial charge is 0.357 e. The number of aromatic amines is 1. The van der Waals surface area contributed by atoms with E-state index in [9.17, 15) is 8.42 Å². The van der Waals surface area contributed by atoms with E-state index in [0.29, 0.717) is 11.1 Å². The Kier molecular flexibility index (Phi) is 4.66. The maximum absolute atomic E-state index is 12.3. The summed E-state index contributed by atoms with van der Waals surface area (Å²) >= 11 is 5.94. The summed E-state index contributed by atoms with van der Waals surface area (Å²) in [4.78, 5) is 7.74. The summed E-state index contributed by atoms with van der Waals surface area (Å²) in [5.74, 6) is 0.411. The van der Waals surface area contributed by atoms with Crippen molar-refractivity contribution in [1.29, 1.82) is 0 Å². The van der Waals surface area contributed by atoms with Crippen LogP contribution in [0.25, 0.3) is 11.0 Å². The third kappa shape index (κ3) is 3.60. The number of H-pyrrole nitrogens is 1. The molecule has 5 nitrogen and oxygen atoms in total. The van der Waals surface area contributed by atoms with Gasteiger partial charge in [0.1, 0.15) is 5.15 Å². The van der Waals surface area contributed by atoms with E-state index < -0.39 is 14.8 Å². The zero-order chi connectivity index (χ0) is 17.5. The van der Waals surface area contributed by atoms with Gasteiger partial charge in [-0.05, 0) is 70.6 Å². The number of aromatic nitrogens is 2. The molecule has 1 saturated carbocycles. The van der Waals surface area contributed by atoms with Crippen LogP contribution in [0.1, 0.15) is 58.1 Å². The van der Waals surface area contributed by atoms with Gasteiger partial charge >= 0.3 is 0 Å². The van der Waals surface area contributed by atoms with Crippen molar-refractivity contribution in [3.63, 3.8) is 0 Å². The van der Waals surface area contributed by atoms with Crippen LogP contribution in [0.4, 0.5) is 0 Å². The highest BCUT2D eigenvalue weighted by Gasteiger charge is 2.33. The second kappa shape index (κ2) is 6.32. The molecular weight excluding hydrogens is 346 g/mol. The molecule has 0 radical (unpaired) electrons. The van der Waals surface area contributed by atoms with Crippen LogP contribution in [-0.2, 0) is 10.0 Å². The summed E-state index contributed by atoms with van der Waals surface area (Å²) in [6.45, 7) is 5.18. The van der Waals surface area contributed by atoms with Crippen LogP contribution < -0.4 is 4.72 Å². The lowest BCUT2D eigenvalue weighted by atomic mass is 9.84. The molecule has 0 bridgehead atoms. The summed E-state index contributed by atoms with van der Waals surface area (Å²) in [6, 6.07) is 5.81. The van der Waals surface area contributed by atoms with Crippen LogP contribution in [0, 0.1) is 0 Å². The number of fused-ring (bicyclic) bond motifs is 1. The number of halogens is 1. The molecule has 0 unspecified atom stereocenters. The van der Waals surface area contributed by atoms with E-state index in [1.165, 1.54) is 0 Å². The monoisotopic (exact) mass is 369 g/mol. The molecule has 0 atom stereocenters. The van der Waals surface area contributed by atoms with Crippen molar-refractivity contribution in [2.75, 3.05) is 0 Å². The van der Waals surface area contributed by atoms with Gasteiger partial charge in [-0.1, -0.05) is 11.6 Å². The quantitative estimate of drug-likeness (QED) is 0.804. The average molecular weight is 370 g/mol. The minimum atomic E-state index is -3.29. The first-order valence-corrected chi connectivity index (χ1v) is 10.2. The predicted octanol–water partition coefficient (Wildman–Crippen LogP) is 3.96. The summed E-state index contributed by atoms with van der Waals surface area (Å²) in [5.41, 5.74) is 3.04. The van der Waals surface area contributed by atoms with Crippen LogP contribution in [0.5, 0.6) is 0 Å². The molecular formula is C17H24ClN3O2S. The first-order valence-electron chi connectivity index (χ1n) is 8.33. The van der Waals surface area contributed by atoms with Gasteiger partial charge in [0.25, 0.3) is 0 Å². The maximum atomic E-state index is 12.3. The van der Waals surface area contributed by atoms with E-state index in [2.05, 4.69) is 20.8 Å². The second-order valence-corrected chi connectivity index (χ2v) is 10.4. The highest BCUT2D eigenvalue weighted by molar-refractivity contribution is 7.90. The van der Waals surface area contributed by atoms with Crippen LogP contribution in [0.3, 0.4) is 0 Å². The molecule has 1 aliphatic rings. The highest BCUT2D eigenvalue weighted by atomic mass is 35.5. The number of pyridine rings is 1. The molecule has 0 spiro atoms. The van der Waals surface area contributed by atoms with Gasteiger partial charge in [0, 0.05) is 11.7 Å². The summed E-state index contributed by atoms with van der Waals surface area (Å²) in [7, 11) is -3.29. The van der Waals surface area contributed by atoms with Gasteiger partial charge in [-0.3, -0.25) is 0 Å². The fourth-order valence-corrected chi connectivity index (χ4v) is 4.33. The molecule has 7 heteroatoms. The SMILES string of the molecule is CC(C)(C)S(=O)(=O)NC1CCC(c2cc3nc(Cl)ccc3[nH]2)CC1. The zero-order valence-electron chi connectivity index (χ0n) is 14.3. The Bertz CT molecular complexity index is 831. The van der Waals surface area contributed by atoms with Crippen molar-refractivity contribution in [2.24, 2.45) is 0 Å². The fourth-order valence-electron chi connectivity index (χ4n) is 3.14. The third-order valence-electron chi connectivity index (χ3n) is 4.76. The van der Waals surface area contributed by atoms with Crippen molar-refractivity contribution in [3.05, 3.63) is 29.0 Å². The van der Waals surface area contributed by atoms with Crippen molar-refractivity contribution >= 4 is 32.7 Å². The Morgan fingerprint density at radius 1 is 1.21 bits per heavy atom. The van der Waals surface area contributed by atoms with E-state index in [4.69, 9.17) is 11.6 Å². The molecule has 1 fully saturated rings. The first kappa shape index (κ1) is 17.7. The molecule has 0 aromatic carbocycles. The predicted molar refractivity (Wildman–Crippen MR) is 97.9 cm³/mol. The standard InChI is InChI=1S/C17H24ClN3O2S/c1-17(2,3)24(22,23)21-12-6-4-11(5-7-12)14-10-15-13(19-14)8-9-16(18)20-15/h8-12,19,21H,4-7H2,1-3H3.